The molecule has 21 heavy (non-hydrogen) atoms. The zero-order valence-electron chi connectivity index (χ0n) is 12.1. The Balaban J connectivity index is 1.96. The third-order valence-corrected chi connectivity index (χ3v) is 4.65. The van der Waals surface area contributed by atoms with Crippen LogP contribution in [0, 0.1) is 6.92 Å². The zero-order valence-corrected chi connectivity index (χ0v) is 12.9. The van der Waals surface area contributed by atoms with Crippen molar-refractivity contribution in [2.75, 3.05) is 19.0 Å². The van der Waals surface area contributed by atoms with E-state index in [9.17, 15) is 4.79 Å². The smallest absolute Gasteiger partial charge is 0.261 e. The number of ether oxygens (including phenoxy) is 1. The van der Waals surface area contributed by atoms with Gasteiger partial charge >= 0.3 is 0 Å². The first kappa shape index (κ1) is 14.2. The van der Waals surface area contributed by atoms with Gasteiger partial charge in [0, 0.05) is 19.3 Å². The summed E-state index contributed by atoms with van der Waals surface area (Å²) in [5, 5.41) is 12.4. The summed E-state index contributed by atoms with van der Waals surface area (Å²) in [5.41, 5.74) is 1.51. The summed E-state index contributed by atoms with van der Waals surface area (Å²) in [6, 6.07) is 3.77. The molecule has 0 bridgehead atoms. The largest absolute Gasteiger partial charge is 0.376 e. The van der Waals surface area contributed by atoms with E-state index in [0.717, 1.165) is 25.1 Å². The molecule has 2 aromatic heterocycles. The molecular weight excluding hydrogens is 288 g/mol. The van der Waals surface area contributed by atoms with Crippen molar-refractivity contribution in [1.82, 2.24) is 14.8 Å². The summed E-state index contributed by atoms with van der Waals surface area (Å²) in [6.07, 6.45) is 2.22. The van der Waals surface area contributed by atoms with E-state index in [1.165, 1.54) is 11.3 Å². The summed E-state index contributed by atoms with van der Waals surface area (Å²) < 4.78 is 7.42. The minimum Gasteiger partial charge on any atom is -0.376 e. The minimum absolute atomic E-state index is 0.0238. The fraction of sp³-hybridized carbons (Fsp3) is 0.500. The number of anilines is 1. The molecule has 3 rings (SSSR count). The summed E-state index contributed by atoms with van der Waals surface area (Å²) in [7, 11) is 1.79. The molecule has 1 saturated heterocycles. The van der Waals surface area contributed by atoms with Gasteiger partial charge in [0.2, 0.25) is 5.13 Å². The number of aryl methyl sites for hydroxylation is 1. The third kappa shape index (κ3) is 2.84. The van der Waals surface area contributed by atoms with Gasteiger partial charge < -0.3 is 14.6 Å². The fourth-order valence-corrected chi connectivity index (χ4v) is 3.20. The van der Waals surface area contributed by atoms with Gasteiger partial charge in [-0.25, -0.2) is 0 Å². The SMILES string of the molecule is CNc1nnc(-c2ccc(C)n(CC3CCCO3)c2=O)s1. The second kappa shape index (κ2) is 5.95. The molecule has 1 aliphatic heterocycles. The number of nitrogens with one attached hydrogen (secondary N) is 1. The second-order valence-electron chi connectivity index (χ2n) is 5.10. The Kier molecular flexibility index (Phi) is 4.03. The Morgan fingerprint density at radius 3 is 3.00 bits per heavy atom. The van der Waals surface area contributed by atoms with Crippen molar-refractivity contribution in [3.63, 3.8) is 0 Å². The molecule has 3 heterocycles. The normalized spacial score (nSPS) is 18.1. The van der Waals surface area contributed by atoms with Gasteiger partial charge in [0.05, 0.1) is 18.2 Å². The van der Waals surface area contributed by atoms with Gasteiger partial charge in [-0.2, -0.15) is 0 Å². The number of rotatable bonds is 4. The van der Waals surface area contributed by atoms with Crippen LogP contribution in [0.5, 0.6) is 0 Å². The highest BCUT2D eigenvalue weighted by Gasteiger charge is 2.19. The van der Waals surface area contributed by atoms with Crippen LogP contribution in [0.2, 0.25) is 0 Å². The second-order valence-corrected chi connectivity index (χ2v) is 6.08. The van der Waals surface area contributed by atoms with Gasteiger partial charge in [-0.1, -0.05) is 11.3 Å². The monoisotopic (exact) mass is 306 g/mol. The average molecular weight is 306 g/mol. The highest BCUT2D eigenvalue weighted by atomic mass is 32.1. The van der Waals surface area contributed by atoms with Crippen LogP contribution >= 0.6 is 11.3 Å². The zero-order chi connectivity index (χ0) is 14.8. The van der Waals surface area contributed by atoms with E-state index in [1.54, 1.807) is 11.6 Å². The fourth-order valence-electron chi connectivity index (χ4n) is 2.49. The highest BCUT2D eigenvalue weighted by molar-refractivity contribution is 7.18. The van der Waals surface area contributed by atoms with E-state index in [4.69, 9.17) is 4.74 Å². The number of hydrogen-bond acceptors (Lipinski definition) is 6. The first-order chi connectivity index (χ1) is 10.2. The van der Waals surface area contributed by atoms with E-state index >= 15 is 0 Å². The van der Waals surface area contributed by atoms with E-state index in [0.29, 0.717) is 22.2 Å². The molecule has 1 aliphatic rings. The van der Waals surface area contributed by atoms with Crippen LogP contribution in [0.25, 0.3) is 10.6 Å². The molecule has 7 heteroatoms. The summed E-state index contributed by atoms with van der Waals surface area (Å²) in [5.74, 6) is 0. The maximum Gasteiger partial charge on any atom is 0.261 e. The lowest BCUT2D eigenvalue weighted by molar-refractivity contribution is 0.0957. The third-order valence-electron chi connectivity index (χ3n) is 3.67. The van der Waals surface area contributed by atoms with Crippen molar-refractivity contribution >= 4 is 16.5 Å². The van der Waals surface area contributed by atoms with Crippen LogP contribution < -0.4 is 10.9 Å². The Morgan fingerprint density at radius 1 is 1.48 bits per heavy atom. The van der Waals surface area contributed by atoms with Gasteiger partial charge in [0.1, 0.15) is 0 Å². The molecule has 112 valence electrons. The van der Waals surface area contributed by atoms with Crippen molar-refractivity contribution < 1.29 is 4.74 Å². The quantitative estimate of drug-likeness (QED) is 0.934. The van der Waals surface area contributed by atoms with E-state index in [2.05, 4.69) is 15.5 Å². The van der Waals surface area contributed by atoms with E-state index in [-0.39, 0.29) is 11.7 Å². The lowest BCUT2D eigenvalue weighted by Crippen LogP contribution is -2.28. The van der Waals surface area contributed by atoms with Gasteiger partial charge in [-0.15, -0.1) is 10.2 Å². The van der Waals surface area contributed by atoms with Gasteiger partial charge in [0.25, 0.3) is 5.56 Å². The molecule has 1 unspecified atom stereocenters. The molecule has 0 spiro atoms. The first-order valence-corrected chi connectivity index (χ1v) is 7.84. The molecule has 1 atom stereocenters. The molecule has 0 radical (unpaired) electrons. The first-order valence-electron chi connectivity index (χ1n) is 7.02. The van der Waals surface area contributed by atoms with Gasteiger partial charge in [0.15, 0.2) is 5.01 Å². The average Bonchev–Trinajstić information content (AvgIpc) is 3.14. The molecular formula is C14H18N4O2S. The summed E-state index contributed by atoms with van der Waals surface area (Å²) in [4.78, 5) is 12.7. The van der Waals surface area contributed by atoms with Gasteiger partial charge in [-0.05, 0) is 31.9 Å². The lowest BCUT2D eigenvalue weighted by Gasteiger charge is -2.15. The molecule has 0 amide bonds. The number of hydrogen-bond donors (Lipinski definition) is 1. The number of aromatic nitrogens is 3. The standard InChI is InChI=1S/C14H18N4O2S/c1-9-5-6-11(12-16-17-14(15-2)21-12)13(19)18(9)8-10-4-3-7-20-10/h5-6,10H,3-4,7-8H2,1-2H3,(H,15,17). The van der Waals surface area contributed by atoms with E-state index in [1.807, 2.05) is 19.1 Å². The predicted molar refractivity (Wildman–Crippen MR) is 82.9 cm³/mol. The number of nitrogens with zero attached hydrogens (tertiary/aromatic N) is 3. The highest BCUT2D eigenvalue weighted by Crippen LogP contribution is 2.24. The van der Waals surface area contributed by atoms with Crippen LogP contribution in [0.4, 0.5) is 5.13 Å². The van der Waals surface area contributed by atoms with Crippen molar-refractivity contribution in [2.45, 2.75) is 32.4 Å². The maximum absolute atomic E-state index is 12.7. The van der Waals surface area contributed by atoms with E-state index < -0.39 is 0 Å². The van der Waals surface area contributed by atoms with Crippen LogP contribution in [0.1, 0.15) is 18.5 Å². The molecule has 6 nitrogen and oxygen atoms in total. The molecule has 0 aromatic carbocycles. The summed E-state index contributed by atoms with van der Waals surface area (Å²) >= 11 is 1.38. The van der Waals surface area contributed by atoms with Crippen LogP contribution in [0.15, 0.2) is 16.9 Å². The lowest BCUT2D eigenvalue weighted by atomic mass is 10.2. The van der Waals surface area contributed by atoms with Crippen molar-refractivity contribution in [3.05, 3.63) is 28.2 Å². The maximum atomic E-state index is 12.7. The minimum atomic E-state index is -0.0238. The predicted octanol–water partition coefficient (Wildman–Crippen LogP) is 1.90. The van der Waals surface area contributed by atoms with Crippen LogP contribution in [-0.2, 0) is 11.3 Å². The van der Waals surface area contributed by atoms with Crippen LogP contribution in [0.3, 0.4) is 0 Å². The summed E-state index contributed by atoms with van der Waals surface area (Å²) in [6.45, 7) is 3.34. The Hall–Kier alpha value is -1.73. The topological polar surface area (TPSA) is 69.0 Å². The molecule has 0 saturated carbocycles. The van der Waals surface area contributed by atoms with Crippen molar-refractivity contribution in [3.8, 4) is 10.6 Å². The van der Waals surface area contributed by atoms with Crippen molar-refractivity contribution in [2.24, 2.45) is 0 Å². The molecule has 1 N–H and O–H groups in total. The Bertz CT molecular complexity index is 689. The Morgan fingerprint density at radius 2 is 2.33 bits per heavy atom. The van der Waals surface area contributed by atoms with Crippen LogP contribution in [-0.4, -0.2) is 34.5 Å². The van der Waals surface area contributed by atoms with Crippen molar-refractivity contribution in [1.29, 1.82) is 0 Å². The molecule has 1 fully saturated rings. The Labute approximate surface area is 126 Å². The van der Waals surface area contributed by atoms with Gasteiger partial charge in [-0.3, -0.25) is 4.79 Å². The molecule has 2 aromatic rings. The number of pyridine rings is 1. The molecule has 0 aliphatic carbocycles.